The van der Waals surface area contributed by atoms with E-state index in [2.05, 4.69) is 10.3 Å². The second-order valence-electron chi connectivity index (χ2n) is 6.49. The fourth-order valence-electron chi connectivity index (χ4n) is 3.27. The predicted octanol–water partition coefficient (Wildman–Crippen LogP) is 3.45. The van der Waals surface area contributed by atoms with Crippen LogP contribution in [0.5, 0.6) is 0 Å². The summed E-state index contributed by atoms with van der Waals surface area (Å²) in [6, 6.07) is 15.2. The van der Waals surface area contributed by atoms with Crippen LogP contribution in [0.2, 0.25) is 0 Å². The normalized spacial score (nSPS) is 11.0. The lowest BCUT2D eigenvalue weighted by Gasteiger charge is -2.12. The number of hydrogen-bond donors (Lipinski definition) is 0. The number of nitrogens with zero attached hydrogens (tertiary/aromatic N) is 4. The lowest BCUT2D eigenvalue weighted by Crippen LogP contribution is -2.21. The van der Waals surface area contributed by atoms with Gasteiger partial charge in [0, 0.05) is 23.7 Å². The maximum Gasteiger partial charge on any atom is 0.343 e. The van der Waals surface area contributed by atoms with E-state index in [-0.39, 0.29) is 17.6 Å². The minimum absolute atomic E-state index is 0.0427. The first kappa shape index (κ1) is 18.6. The van der Waals surface area contributed by atoms with E-state index in [1.54, 1.807) is 29.9 Å². The van der Waals surface area contributed by atoms with Crippen LogP contribution >= 0.6 is 0 Å². The molecule has 0 amide bonds. The van der Waals surface area contributed by atoms with Gasteiger partial charge in [0.2, 0.25) is 5.43 Å². The van der Waals surface area contributed by atoms with Crippen LogP contribution in [-0.4, -0.2) is 32.1 Å². The largest absolute Gasteiger partial charge is 0.462 e. The van der Waals surface area contributed by atoms with Gasteiger partial charge in [-0.2, -0.15) is 0 Å². The topological polar surface area (TPSA) is 79.0 Å². The maximum atomic E-state index is 12.8. The molecule has 4 rings (SSSR count). The second-order valence-corrected chi connectivity index (χ2v) is 6.49. The van der Waals surface area contributed by atoms with E-state index in [1.165, 1.54) is 0 Å². The number of ether oxygens (including phenoxy) is 1. The fourth-order valence-corrected chi connectivity index (χ4v) is 3.27. The lowest BCUT2D eigenvalue weighted by molar-refractivity contribution is 0.0524. The third-order valence-corrected chi connectivity index (χ3v) is 4.73. The molecule has 0 radical (unpaired) electrons. The molecule has 4 aromatic rings. The van der Waals surface area contributed by atoms with Gasteiger partial charge < -0.3 is 9.30 Å². The quantitative estimate of drug-likeness (QED) is 0.489. The molecule has 0 atom stereocenters. The molecular formula is C22H20N4O3. The van der Waals surface area contributed by atoms with Crippen molar-refractivity contribution in [1.29, 1.82) is 0 Å². The summed E-state index contributed by atoms with van der Waals surface area (Å²) in [7, 11) is 0. The summed E-state index contributed by atoms with van der Waals surface area (Å²) in [5.74, 6) is -0.602. The summed E-state index contributed by atoms with van der Waals surface area (Å²) in [6.07, 6.45) is 3.40. The number of esters is 1. The van der Waals surface area contributed by atoms with Gasteiger partial charge in [-0.1, -0.05) is 35.5 Å². The van der Waals surface area contributed by atoms with Gasteiger partial charge in [-0.25, -0.2) is 9.48 Å². The van der Waals surface area contributed by atoms with Crippen molar-refractivity contribution in [1.82, 2.24) is 19.6 Å². The lowest BCUT2D eigenvalue weighted by atomic mass is 10.1. The van der Waals surface area contributed by atoms with E-state index in [1.807, 2.05) is 54.1 Å². The van der Waals surface area contributed by atoms with E-state index < -0.39 is 5.97 Å². The predicted molar refractivity (Wildman–Crippen MR) is 110 cm³/mol. The molecule has 0 N–H and O–H groups in total. The molecule has 0 aliphatic heterocycles. The first-order valence-corrected chi connectivity index (χ1v) is 9.44. The summed E-state index contributed by atoms with van der Waals surface area (Å²) >= 11 is 0. The highest BCUT2D eigenvalue weighted by Crippen LogP contribution is 2.20. The van der Waals surface area contributed by atoms with Gasteiger partial charge in [-0.3, -0.25) is 4.79 Å². The number of hydrogen-bond acceptors (Lipinski definition) is 5. The van der Waals surface area contributed by atoms with E-state index in [0.717, 1.165) is 22.5 Å². The Bertz CT molecular complexity index is 1240. The van der Waals surface area contributed by atoms with E-state index >= 15 is 0 Å². The molecule has 2 aromatic carbocycles. The van der Waals surface area contributed by atoms with Crippen LogP contribution in [0.4, 0.5) is 0 Å². The van der Waals surface area contributed by atoms with E-state index in [9.17, 15) is 9.59 Å². The molecule has 2 aromatic heterocycles. The summed E-state index contributed by atoms with van der Waals surface area (Å²) in [5, 5.41) is 8.93. The van der Waals surface area contributed by atoms with Crippen LogP contribution in [-0.2, 0) is 11.3 Å². The number of carbonyl (C=O) groups is 1. The Morgan fingerprint density at radius 3 is 2.59 bits per heavy atom. The van der Waals surface area contributed by atoms with Crippen molar-refractivity contribution in [3.63, 3.8) is 0 Å². The molecule has 7 nitrogen and oxygen atoms in total. The number of carbonyl (C=O) groups excluding carboxylic acids is 1. The molecule has 0 bridgehead atoms. The molecule has 0 spiro atoms. The van der Waals surface area contributed by atoms with Gasteiger partial charge >= 0.3 is 5.97 Å². The van der Waals surface area contributed by atoms with Gasteiger partial charge in [0.05, 0.1) is 24.0 Å². The molecule has 0 saturated carbocycles. The molecular weight excluding hydrogens is 368 g/mol. The van der Waals surface area contributed by atoms with Crippen LogP contribution in [0.25, 0.3) is 27.8 Å². The Morgan fingerprint density at radius 2 is 1.86 bits per heavy atom. The third kappa shape index (κ3) is 3.42. The Labute approximate surface area is 167 Å². The van der Waals surface area contributed by atoms with Gasteiger partial charge in [0.1, 0.15) is 11.3 Å². The van der Waals surface area contributed by atoms with Crippen molar-refractivity contribution in [3.05, 3.63) is 76.7 Å². The zero-order chi connectivity index (χ0) is 20.4. The molecule has 0 aliphatic carbocycles. The molecule has 146 valence electrons. The van der Waals surface area contributed by atoms with Crippen LogP contribution < -0.4 is 5.43 Å². The standard InChI is InChI=1S/C22H20N4O3/c1-3-25-13-18(22(28)29-4-2)21(27)17-11-10-16(12-20(17)25)26-14-19(23-24-26)15-8-6-5-7-9-15/h5-14H,3-4H2,1-2H3. The first-order valence-electron chi connectivity index (χ1n) is 9.44. The summed E-state index contributed by atoms with van der Waals surface area (Å²) in [5.41, 5.74) is 2.94. The molecule has 0 aliphatic rings. The van der Waals surface area contributed by atoms with Crippen molar-refractivity contribution in [2.24, 2.45) is 0 Å². The summed E-state index contributed by atoms with van der Waals surface area (Å²) in [6.45, 7) is 4.48. The van der Waals surface area contributed by atoms with Gasteiger partial charge in [-0.05, 0) is 32.0 Å². The minimum Gasteiger partial charge on any atom is -0.462 e. The van der Waals surface area contributed by atoms with Gasteiger partial charge in [-0.15, -0.1) is 5.10 Å². The Morgan fingerprint density at radius 1 is 1.07 bits per heavy atom. The zero-order valence-corrected chi connectivity index (χ0v) is 16.2. The monoisotopic (exact) mass is 388 g/mol. The van der Waals surface area contributed by atoms with Gasteiger partial charge in [0.15, 0.2) is 0 Å². The summed E-state index contributed by atoms with van der Waals surface area (Å²) < 4.78 is 8.56. The Hall–Kier alpha value is -3.74. The van der Waals surface area contributed by atoms with Gasteiger partial charge in [0.25, 0.3) is 0 Å². The van der Waals surface area contributed by atoms with Crippen LogP contribution in [0, 0.1) is 0 Å². The SMILES string of the molecule is CCOC(=O)c1cn(CC)c2cc(-n3cc(-c4ccccc4)nn3)ccc2c1=O. The smallest absolute Gasteiger partial charge is 0.343 e. The zero-order valence-electron chi connectivity index (χ0n) is 16.2. The van der Waals surface area contributed by atoms with Crippen molar-refractivity contribution < 1.29 is 9.53 Å². The fraction of sp³-hybridized carbons (Fsp3) is 0.182. The van der Waals surface area contributed by atoms with Crippen LogP contribution in [0.3, 0.4) is 0 Å². The third-order valence-electron chi connectivity index (χ3n) is 4.73. The minimum atomic E-state index is -0.602. The number of aromatic nitrogens is 4. The number of benzene rings is 2. The average Bonchev–Trinajstić information content (AvgIpc) is 3.25. The average molecular weight is 388 g/mol. The van der Waals surface area contributed by atoms with E-state index in [0.29, 0.717) is 11.9 Å². The van der Waals surface area contributed by atoms with Crippen molar-refractivity contribution in [2.75, 3.05) is 6.61 Å². The number of rotatable bonds is 5. The second kappa shape index (κ2) is 7.71. The Kier molecular flexibility index (Phi) is 4.95. The van der Waals surface area contributed by atoms with E-state index in [4.69, 9.17) is 4.74 Å². The highest BCUT2D eigenvalue weighted by Gasteiger charge is 2.17. The molecule has 0 saturated heterocycles. The molecule has 0 fully saturated rings. The van der Waals surface area contributed by atoms with Crippen molar-refractivity contribution in [2.45, 2.75) is 20.4 Å². The number of fused-ring (bicyclic) bond motifs is 1. The molecule has 0 unspecified atom stereocenters. The molecule has 7 heteroatoms. The number of aryl methyl sites for hydroxylation is 1. The molecule has 2 heterocycles. The highest BCUT2D eigenvalue weighted by atomic mass is 16.5. The Balaban J connectivity index is 1.81. The van der Waals surface area contributed by atoms with Crippen LogP contribution in [0.15, 0.2) is 65.7 Å². The number of pyridine rings is 1. The van der Waals surface area contributed by atoms with Crippen molar-refractivity contribution >= 4 is 16.9 Å². The maximum absolute atomic E-state index is 12.8. The highest BCUT2D eigenvalue weighted by molar-refractivity contribution is 5.94. The first-order chi connectivity index (χ1) is 14.1. The molecule has 29 heavy (non-hydrogen) atoms. The van der Waals surface area contributed by atoms with Crippen LogP contribution in [0.1, 0.15) is 24.2 Å². The summed E-state index contributed by atoms with van der Waals surface area (Å²) in [4.78, 5) is 24.9. The van der Waals surface area contributed by atoms with Crippen molar-refractivity contribution in [3.8, 4) is 16.9 Å².